The Morgan fingerprint density at radius 2 is 1.40 bits per heavy atom. The first-order chi connectivity index (χ1) is 11.9. The Bertz CT molecular complexity index is 633. The molecule has 25 heavy (non-hydrogen) atoms. The highest BCUT2D eigenvalue weighted by atomic mass is 28.4. The Kier molecular flexibility index (Phi) is 6.54. The third kappa shape index (κ3) is 4.01. The number of rotatable bonds is 7. The number of hydrogen-bond donors (Lipinski definition) is 0. The molecule has 2 aromatic carbocycles. The molecule has 2 aromatic rings. The molecule has 0 fully saturated rings. The molecule has 0 heterocycles. The third-order valence-electron chi connectivity index (χ3n) is 4.76. The molecule has 0 saturated carbocycles. The van der Waals surface area contributed by atoms with E-state index in [2.05, 4.69) is 0 Å². The van der Waals surface area contributed by atoms with E-state index < -0.39 is 19.9 Å². The van der Waals surface area contributed by atoms with Crippen molar-refractivity contribution in [3.8, 4) is 0 Å². The summed E-state index contributed by atoms with van der Waals surface area (Å²) in [6.45, 7) is 7.88. The van der Waals surface area contributed by atoms with Gasteiger partial charge in [0.2, 0.25) is 0 Å². The van der Waals surface area contributed by atoms with E-state index in [1.54, 1.807) is 13.8 Å². The van der Waals surface area contributed by atoms with Gasteiger partial charge in [-0.2, -0.15) is 0 Å². The first-order valence-corrected chi connectivity index (χ1v) is 10.8. The Balaban J connectivity index is 2.62. The maximum atomic E-state index is 17.0. The number of esters is 1. The summed E-state index contributed by atoms with van der Waals surface area (Å²) in [4.78, 5) is 12.4. The van der Waals surface area contributed by atoms with Crippen LogP contribution in [0.4, 0.5) is 4.11 Å². The van der Waals surface area contributed by atoms with Gasteiger partial charge in [0.05, 0.1) is 12.5 Å². The number of benzene rings is 2. The zero-order chi connectivity index (χ0) is 18.4. The summed E-state index contributed by atoms with van der Waals surface area (Å²) in [5.74, 6) is -0.809. The molecule has 4 heteroatoms. The molecular formula is C21H27FO2Si. The molecule has 0 spiro atoms. The van der Waals surface area contributed by atoms with E-state index >= 15 is 4.11 Å². The van der Waals surface area contributed by atoms with E-state index in [4.69, 9.17) is 4.74 Å². The van der Waals surface area contributed by atoms with Crippen LogP contribution in [-0.2, 0) is 9.53 Å². The monoisotopic (exact) mass is 358 g/mol. The van der Waals surface area contributed by atoms with Gasteiger partial charge in [-0.25, -0.2) is 0 Å². The minimum atomic E-state index is -3.65. The molecule has 0 N–H and O–H groups in total. The quantitative estimate of drug-likeness (QED) is 0.426. The highest BCUT2D eigenvalue weighted by Gasteiger charge is 2.52. The van der Waals surface area contributed by atoms with Crippen molar-refractivity contribution in [2.45, 2.75) is 33.2 Å². The smallest absolute Gasteiger partial charge is 0.312 e. The second-order valence-corrected chi connectivity index (χ2v) is 10.00. The van der Waals surface area contributed by atoms with Crippen molar-refractivity contribution in [3.63, 3.8) is 0 Å². The fourth-order valence-electron chi connectivity index (χ4n) is 3.71. The van der Waals surface area contributed by atoms with Gasteiger partial charge in [-0.15, -0.1) is 0 Å². The van der Waals surface area contributed by atoms with Crippen molar-refractivity contribution in [1.29, 1.82) is 0 Å². The summed E-state index contributed by atoms with van der Waals surface area (Å²) in [7, 11) is -3.65. The Hall–Kier alpha value is -1.94. The maximum Gasteiger partial charge on any atom is 0.312 e. The second-order valence-electron chi connectivity index (χ2n) is 6.75. The molecule has 134 valence electrons. The standard InChI is InChI=1S/C21H27FO2Si/c1-5-24-21(23)17(4)20(16(2)3)25(22,18-12-8-6-9-13-18)19-14-10-7-11-15-19/h6-17,20H,5H2,1-4H3/t17-,20-/m1/s1. The SMILES string of the molecule is CCOC(=O)[C@H](C)[C@@H](C(C)C)[Si](F)(c1ccccc1)c1ccccc1. The molecule has 0 bridgehead atoms. The summed E-state index contributed by atoms with van der Waals surface area (Å²) in [5.41, 5.74) is -0.406. The predicted octanol–water partition coefficient (Wildman–Crippen LogP) is 3.94. The van der Waals surface area contributed by atoms with Gasteiger partial charge in [0, 0.05) is 5.54 Å². The average Bonchev–Trinajstić information content (AvgIpc) is 2.63. The Labute approximate surface area is 151 Å². The zero-order valence-corrected chi connectivity index (χ0v) is 16.4. The summed E-state index contributed by atoms with van der Waals surface area (Å²) in [5, 5.41) is 1.41. The first-order valence-electron chi connectivity index (χ1n) is 8.89. The van der Waals surface area contributed by atoms with Crippen LogP contribution in [0.1, 0.15) is 27.7 Å². The van der Waals surface area contributed by atoms with Crippen LogP contribution in [0.15, 0.2) is 60.7 Å². The molecule has 0 radical (unpaired) electrons. The molecule has 0 amide bonds. The van der Waals surface area contributed by atoms with E-state index in [0.717, 1.165) is 0 Å². The Morgan fingerprint density at radius 1 is 0.960 bits per heavy atom. The lowest BCUT2D eigenvalue weighted by Gasteiger charge is -2.37. The second kappa shape index (κ2) is 8.43. The fraction of sp³-hybridized carbons (Fsp3) is 0.381. The largest absolute Gasteiger partial charge is 0.466 e. The molecule has 2 atom stereocenters. The highest BCUT2D eigenvalue weighted by Crippen LogP contribution is 2.38. The van der Waals surface area contributed by atoms with Crippen molar-refractivity contribution in [1.82, 2.24) is 0 Å². The minimum Gasteiger partial charge on any atom is -0.466 e. The first kappa shape index (κ1) is 19.4. The van der Waals surface area contributed by atoms with Crippen molar-refractivity contribution in [2.75, 3.05) is 6.61 Å². The fourth-order valence-corrected chi connectivity index (χ4v) is 7.92. The molecule has 0 aliphatic heterocycles. The van der Waals surface area contributed by atoms with Crippen molar-refractivity contribution in [3.05, 3.63) is 60.7 Å². The third-order valence-corrected chi connectivity index (χ3v) is 9.19. The molecular weight excluding hydrogens is 331 g/mol. The van der Waals surface area contributed by atoms with E-state index in [1.807, 2.05) is 74.5 Å². The van der Waals surface area contributed by atoms with Gasteiger partial charge < -0.3 is 8.84 Å². The molecule has 0 aliphatic carbocycles. The summed E-state index contributed by atoms with van der Waals surface area (Å²) in [6, 6.07) is 18.7. The number of carbonyl (C=O) groups excluding carboxylic acids is 1. The molecule has 0 aliphatic rings. The van der Waals surface area contributed by atoms with Gasteiger partial charge in [-0.3, -0.25) is 4.79 Å². The van der Waals surface area contributed by atoms with Crippen molar-refractivity contribution >= 4 is 24.8 Å². The maximum absolute atomic E-state index is 17.0. The van der Waals surface area contributed by atoms with Crippen LogP contribution in [0.5, 0.6) is 0 Å². The predicted molar refractivity (Wildman–Crippen MR) is 103 cm³/mol. The van der Waals surface area contributed by atoms with Crippen LogP contribution >= 0.6 is 0 Å². The number of halogens is 1. The number of carbonyl (C=O) groups is 1. The van der Waals surface area contributed by atoms with Gasteiger partial charge >= 0.3 is 14.4 Å². The summed E-state index contributed by atoms with van der Waals surface area (Å²) >= 11 is 0. The molecule has 2 rings (SSSR count). The molecule has 0 aromatic heterocycles. The lowest BCUT2D eigenvalue weighted by molar-refractivity contribution is -0.148. The number of hydrogen-bond acceptors (Lipinski definition) is 2. The highest BCUT2D eigenvalue weighted by molar-refractivity contribution is 6.98. The van der Waals surface area contributed by atoms with Gasteiger partial charge in [0.1, 0.15) is 0 Å². The van der Waals surface area contributed by atoms with Gasteiger partial charge in [-0.1, -0.05) is 81.4 Å². The topological polar surface area (TPSA) is 26.3 Å². The number of ether oxygens (including phenoxy) is 1. The summed E-state index contributed by atoms with van der Waals surface area (Å²) in [6.07, 6.45) is 0. The molecule has 2 nitrogen and oxygen atoms in total. The lowest BCUT2D eigenvalue weighted by atomic mass is 9.98. The Morgan fingerprint density at radius 3 is 1.76 bits per heavy atom. The van der Waals surface area contributed by atoms with E-state index in [9.17, 15) is 4.79 Å². The van der Waals surface area contributed by atoms with Crippen LogP contribution in [0.25, 0.3) is 0 Å². The van der Waals surface area contributed by atoms with Gasteiger partial charge in [-0.05, 0) is 23.2 Å². The molecule has 0 unspecified atom stereocenters. The van der Waals surface area contributed by atoms with E-state index in [0.29, 0.717) is 17.0 Å². The van der Waals surface area contributed by atoms with Crippen molar-refractivity contribution < 1.29 is 13.6 Å². The average molecular weight is 359 g/mol. The van der Waals surface area contributed by atoms with Gasteiger partial charge in [0.15, 0.2) is 0 Å². The van der Waals surface area contributed by atoms with Crippen LogP contribution in [0.2, 0.25) is 5.54 Å². The van der Waals surface area contributed by atoms with Crippen LogP contribution in [0, 0.1) is 11.8 Å². The normalized spacial score (nSPS) is 14.2. The van der Waals surface area contributed by atoms with Crippen molar-refractivity contribution in [2.24, 2.45) is 11.8 Å². The van der Waals surface area contributed by atoms with Crippen LogP contribution in [-0.4, -0.2) is 21.0 Å². The minimum absolute atomic E-state index is 0.0106. The van der Waals surface area contributed by atoms with Gasteiger partial charge in [0.25, 0.3) is 0 Å². The molecule has 0 saturated heterocycles. The van der Waals surface area contributed by atoms with E-state index in [1.165, 1.54) is 0 Å². The zero-order valence-electron chi connectivity index (χ0n) is 15.4. The van der Waals surface area contributed by atoms with E-state index in [-0.39, 0.29) is 11.9 Å². The summed E-state index contributed by atoms with van der Waals surface area (Å²) < 4.78 is 22.2. The van der Waals surface area contributed by atoms with Crippen LogP contribution < -0.4 is 10.4 Å². The van der Waals surface area contributed by atoms with Crippen LogP contribution in [0.3, 0.4) is 0 Å². The lowest BCUT2D eigenvalue weighted by Crippen LogP contribution is -2.61.